The first-order chi connectivity index (χ1) is 13.7. The highest BCUT2D eigenvalue weighted by Crippen LogP contribution is 2.20. The predicted molar refractivity (Wildman–Crippen MR) is 107 cm³/mol. The fourth-order valence-corrected chi connectivity index (χ4v) is 2.42. The van der Waals surface area contributed by atoms with Gasteiger partial charge in [-0.15, -0.1) is 0 Å². The molecule has 0 aliphatic heterocycles. The molecule has 0 aliphatic carbocycles. The van der Waals surface area contributed by atoms with Crippen LogP contribution in [0.1, 0.15) is 23.0 Å². The Kier molecular flexibility index (Phi) is 6.30. The summed E-state index contributed by atoms with van der Waals surface area (Å²) in [7, 11) is 1.60. The van der Waals surface area contributed by atoms with E-state index >= 15 is 0 Å². The molecule has 3 aromatic rings. The Morgan fingerprint density at radius 2 is 1.79 bits per heavy atom. The van der Waals surface area contributed by atoms with Crippen LogP contribution in [0.3, 0.4) is 0 Å². The molecule has 0 atom stereocenters. The van der Waals surface area contributed by atoms with E-state index in [9.17, 15) is 4.79 Å². The lowest BCUT2D eigenvalue weighted by Crippen LogP contribution is -2.19. The maximum Gasteiger partial charge on any atom is 0.291 e. The van der Waals surface area contributed by atoms with Gasteiger partial charge in [-0.25, -0.2) is 10.4 Å². The van der Waals surface area contributed by atoms with Crippen molar-refractivity contribution in [2.75, 3.05) is 13.7 Å². The number of amides is 1. The normalized spacial score (nSPS) is 10.6. The number of rotatable bonds is 7. The van der Waals surface area contributed by atoms with E-state index in [1.165, 1.54) is 6.20 Å². The highest BCUT2D eigenvalue weighted by atomic mass is 16.5. The highest BCUT2D eigenvalue weighted by Gasteiger charge is 2.09. The SMILES string of the molecule is CCOc1ccc(-c2cncc(C(=O)NN=Cc3ccc(OC)cc3)n2)cc1. The molecular formula is C21H20N4O3. The third-order valence-electron chi connectivity index (χ3n) is 3.82. The number of methoxy groups -OCH3 is 1. The Hall–Kier alpha value is -3.74. The van der Waals surface area contributed by atoms with Crippen molar-refractivity contribution < 1.29 is 14.3 Å². The van der Waals surface area contributed by atoms with E-state index in [1.807, 2.05) is 55.5 Å². The Labute approximate surface area is 163 Å². The summed E-state index contributed by atoms with van der Waals surface area (Å²) in [5.41, 5.74) is 4.90. The summed E-state index contributed by atoms with van der Waals surface area (Å²) in [4.78, 5) is 20.8. The van der Waals surface area contributed by atoms with Gasteiger partial charge < -0.3 is 9.47 Å². The van der Waals surface area contributed by atoms with Crippen LogP contribution in [-0.2, 0) is 0 Å². The number of ether oxygens (including phenoxy) is 2. The zero-order valence-electron chi connectivity index (χ0n) is 15.6. The largest absolute Gasteiger partial charge is 0.497 e. The number of nitrogens with zero attached hydrogens (tertiary/aromatic N) is 3. The fourth-order valence-electron chi connectivity index (χ4n) is 2.42. The molecule has 3 rings (SSSR count). The quantitative estimate of drug-likeness (QED) is 0.505. The van der Waals surface area contributed by atoms with Gasteiger partial charge in [0.25, 0.3) is 5.91 Å². The minimum absolute atomic E-state index is 0.179. The molecule has 0 fully saturated rings. The van der Waals surface area contributed by atoms with Gasteiger partial charge in [0, 0.05) is 5.56 Å². The number of carbonyl (C=O) groups is 1. The van der Waals surface area contributed by atoms with E-state index in [0.29, 0.717) is 12.3 Å². The van der Waals surface area contributed by atoms with Gasteiger partial charge in [0.05, 0.1) is 38.0 Å². The number of hydrogen-bond acceptors (Lipinski definition) is 6. The molecule has 7 heteroatoms. The van der Waals surface area contributed by atoms with Crippen LogP contribution in [0.25, 0.3) is 11.3 Å². The molecule has 0 unspecified atom stereocenters. The lowest BCUT2D eigenvalue weighted by atomic mass is 10.1. The van der Waals surface area contributed by atoms with Crippen molar-refractivity contribution >= 4 is 12.1 Å². The van der Waals surface area contributed by atoms with Gasteiger partial charge in [0.2, 0.25) is 0 Å². The summed E-state index contributed by atoms with van der Waals surface area (Å²) in [5, 5.41) is 3.96. The van der Waals surface area contributed by atoms with Crippen molar-refractivity contribution in [3.05, 3.63) is 72.2 Å². The van der Waals surface area contributed by atoms with Crippen LogP contribution in [0.15, 0.2) is 66.0 Å². The number of hydrogen-bond donors (Lipinski definition) is 1. The van der Waals surface area contributed by atoms with Crippen molar-refractivity contribution in [3.8, 4) is 22.8 Å². The smallest absolute Gasteiger partial charge is 0.291 e. The van der Waals surface area contributed by atoms with E-state index in [0.717, 1.165) is 22.6 Å². The predicted octanol–water partition coefficient (Wildman–Crippen LogP) is 3.31. The second-order valence-electron chi connectivity index (χ2n) is 5.72. The maximum absolute atomic E-state index is 12.3. The number of aromatic nitrogens is 2. The van der Waals surface area contributed by atoms with E-state index in [2.05, 4.69) is 20.5 Å². The third-order valence-corrected chi connectivity index (χ3v) is 3.82. The Morgan fingerprint density at radius 3 is 2.46 bits per heavy atom. The molecular weight excluding hydrogens is 356 g/mol. The van der Waals surface area contributed by atoms with Crippen molar-refractivity contribution in [1.29, 1.82) is 0 Å². The number of carbonyl (C=O) groups excluding carboxylic acids is 1. The average molecular weight is 376 g/mol. The highest BCUT2D eigenvalue weighted by molar-refractivity contribution is 5.93. The average Bonchev–Trinajstić information content (AvgIpc) is 2.75. The standard InChI is InChI=1S/C21H20N4O3/c1-3-28-18-10-6-16(7-11-18)19-13-22-14-20(24-19)21(26)25-23-12-15-4-8-17(27-2)9-5-15/h4-14H,3H2,1-2H3,(H,25,26). The van der Waals surface area contributed by atoms with E-state index in [4.69, 9.17) is 9.47 Å². The van der Waals surface area contributed by atoms with Crippen LogP contribution >= 0.6 is 0 Å². The molecule has 142 valence electrons. The van der Waals surface area contributed by atoms with Crippen LogP contribution in [0.5, 0.6) is 11.5 Å². The first kappa shape index (κ1) is 19.0. The molecule has 0 radical (unpaired) electrons. The van der Waals surface area contributed by atoms with Crippen LogP contribution in [0.2, 0.25) is 0 Å². The molecule has 2 aromatic carbocycles. The van der Waals surface area contributed by atoms with Gasteiger partial charge in [0.15, 0.2) is 0 Å². The van der Waals surface area contributed by atoms with Crippen molar-refractivity contribution in [2.45, 2.75) is 6.92 Å². The molecule has 28 heavy (non-hydrogen) atoms. The van der Waals surface area contributed by atoms with Gasteiger partial charge in [-0.1, -0.05) is 0 Å². The molecule has 0 saturated heterocycles. The zero-order chi connectivity index (χ0) is 19.8. The molecule has 1 heterocycles. The van der Waals surface area contributed by atoms with E-state index < -0.39 is 5.91 Å². The lowest BCUT2D eigenvalue weighted by Gasteiger charge is -2.05. The molecule has 7 nitrogen and oxygen atoms in total. The van der Waals surface area contributed by atoms with E-state index in [1.54, 1.807) is 19.5 Å². The summed E-state index contributed by atoms with van der Waals surface area (Å²) in [5.74, 6) is 1.09. The Morgan fingerprint density at radius 1 is 1.07 bits per heavy atom. The fraction of sp³-hybridized carbons (Fsp3) is 0.143. The van der Waals surface area contributed by atoms with Crippen LogP contribution in [-0.4, -0.2) is 35.8 Å². The second-order valence-corrected chi connectivity index (χ2v) is 5.72. The molecule has 1 aromatic heterocycles. The van der Waals surface area contributed by atoms with Gasteiger partial charge in [-0.05, 0) is 61.0 Å². The minimum atomic E-state index is -0.440. The first-order valence-electron chi connectivity index (χ1n) is 8.72. The van der Waals surface area contributed by atoms with Crippen LogP contribution < -0.4 is 14.9 Å². The maximum atomic E-state index is 12.3. The zero-order valence-corrected chi connectivity index (χ0v) is 15.6. The summed E-state index contributed by atoms with van der Waals surface area (Å²) in [6.07, 6.45) is 4.55. The monoisotopic (exact) mass is 376 g/mol. The lowest BCUT2D eigenvalue weighted by molar-refractivity contribution is 0.0950. The Balaban J connectivity index is 1.66. The van der Waals surface area contributed by atoms with E-state index in [-0.39, 0.29) is 5.69 Å². The third kappa shape index (κ3) is 4.91. The first-order valence-corrected chi connectivity index (χ1v) is 8.72. The van der Waals surface area contributed by atoms with Gasteiger partial charge in [0.1, 0.15) is 17.2 Å². The molecule has 0 spiro atoms. The van der Waals surface area contributed by atoms with Crippen molar-refractivity contribution in [3.63, 3.8) is 0 Å². The second kappa shape index (κ2) is 9.27. The summed E-state index contributed by atoms with van der Waals surface area (Å²) < 4.78 is 10.5. The summed E-state index contributed by atoms with van der Waals surface area (Å²) >= 11 is 0. The van der Waals surface area contributed by atoms with Gasteiger partial charge >= 0.3 is 0 Å². The molecule has 1 amide bonds. The van der Waals surface area contributed by atoms with Crippen LogP contribution in [0, 0.1) is 0 Å². The summed E-state index contributed by atoms with van der Waals surface area (Å²) in [6, 6.07) is 14.8. The summed E-state index contributed by atoms with van der Waals surface area (Å²) in [6.45, 7) is 2.53. The Bertz CT molecular complexity index is 954. The van der Waals surface area contributed by atoms with Gasteiger partial charge in [-0.2, -0.15) is 5.10 Å². The molecule has 0 saturated carbocycles. The molecule has 0 aliphatic rings. The van der Waals surface area contributed by atoms with Crippen LogP contribution in [0.4, 0.5) is 0 Å². The minimum Gasteiger partial charge on any atom is -0.497 e. The van der Waals surface area contributed by atoms with Gasteiger partial charge in [-0.3, -0.25) is 9.78 Å². The number of hydrazone groups is 1. The van der Waals surface area contributed by atoms with Crippen molar-refractivity contribution in [2.24, 2.45) is 5.10 Å². The number of benzene rings is 2. The topological polar surface area (TPSA) is 85.7 Å². The number of nitrogens with one attached hydrogen (secondary N) is 1. The van der Waals surface area contributed by atoms with Crippen molar-refractivity contribution in [1.82, 2.24) is 15.4 Å². The molecule has 1 N–H and O–H groups in total. The molecule has 0 bridgehead atoms.